The van der Waals surface area contributed by atoms with Crippen molar-refractivity contribution in [2.45, 2.75) is 18.3 Å². The average molecular weight is 292 g/mol. The number of amides is 1. The van der Waals surface area contributed by atoms with Crippen LogP contribution >= 0.6 is 0 Å². The Balaban J connectivity index is 1.74. The lowest BCUT2D eigenvalue weighted by atomic mass is 9.59. The quantitative estimate of drug-likeness (QED) is 0.912. The van der Waals surface area contributed by atoms with Gasteiger partial charge < -0.3 is 11.1 Å². The van der Waals surface area contributed by atoms with Gasteiger partial charge in [-0.3, -0.25) is 4.79 Å². The van der Waals surface area contributed by atoms with Crippen LogP contribution in [-0.2, 0) is 4.79 Å². The first-order chi connectivity index (χ1) is 10.8. The van der Waals surface area contributed by atoms with Crippen molar-refractivity contribution < 1.29 is 4.79 Å². The van der Waals surface area contributed by atoms with Crippen LogP contribution in [0.15, 0.2) is 48.5 Å². The Kier molecular flexibility index (Phi) is 3.23. The first kappa shape index (κ1) is 13.5. The van der Waals surface area contributed by atoms with E-state index >= 15 is 0 Å². The lowest BCUT2D eigenvalue weighted by Crippen LogP contribution is -2.40. The molecule has 3 heteroatoms. The maximum Gasteiger partial charge on any atom is 0.233 e. The second kappa shape index (κ2) is 5.25. The van der Waals surface area contributed by atoms with E-state index < -0.39 is 0 Å². The topological polar surface area (TPSA) is 55.1 Å². The minimum Gasteiger partial charge on any atom is -0.355 e. The molecule has 1 atom stereocenters. The van der Waals surface area contributed by atoms with E-state index in [1.165, 1.54) is 22.3 Å². The van der Waals surface area contributed by atoms with Crippen molar-refractivity contribution in [3.63, 3.8) is 0 Å². The van der Waals surface area contributed by atoms with Gasteiger partial charge >= 0.3 is 0 Å². The molecule has 112 valence electrons. The number of carbonyl (C=O) groups is 1. The van der Waals surface area contributed by atoms with Crippen LogP contribution < -0.4 is 11.1 Å². The molecular formula is C19H20N2O. The van der Waals surface area contributed by atoms with Crippen molar-refractivity contribution in [3.05, 3.63) is 70.8 Å². The summed E-state index contributed by atoms with van der Waals surface area (Å²) >= 11 is 0. The molecule has 0 heterocycles. The number of hydrogen-bond acceptors (Lipinski definition) is 2. The molecule has 3 aliphatic rings. The lowest BCUT2D eigenvalue weighted by Gasteiger charge is -2.45. The molecule has 0 saturated carbocycles. The van der Waals surface area contributed by atoms with Gasteiger partial charge in [0, 0.05) is 18.4 Å². The zero-order valence-corrected chi connectivity index (χ0v) is 12.5. The van der Waals surface area contributed by atoms with Gasteiger partial charge in [-0.15, -0.1) is 0 Å². The Bertz CT molecular complexity index is 677. The van der Waals surface area contributed by atoms with Crippen LogP contribution in [0.3, 0.4) is 0 Å². The summed E-state index contributed by atoms with van der Waals surface area (Å²) in [5.74, 6) is 1.22. The van der Waals surface area contributed by atoms with Gasteiger partial charge in [0.1, 0.15) is 0 Å². The highest BCUT2D eigenvalue weighted by atomic mass is 16.1. The van der Waals surface area contributed by atoms with Gasteiger partial charge in [-0.05, 0) is 34.6 Å². The zero-order chi connectivity index (χ0) is 15.1. The van der Waals surface area contributed by atoms with Gasteiger partial charge in [0.25, 0.3) is 0 Å². The van der Waals surface area contributed by atoms with E-state index in [2.05, 4.69) is 53.8 Å². The van der Waals surface area contributed by atoms with Gasteiger partial charge in [-0.25, -0.2) is 0 Å². The molecule has 0 fully saturated rings. The highest BCUT2D eigenvalue weighted by molar-refractivity contribution is 5.77. The van der Waals surface area contributed by atoms with Crippen LogP contribution in [0, 0.1) is 5.92 Å². The minimum atomic E-state index is -0.0667. The first-order valence-electron chi connectivity index (χ1n) is 7.94. The smallest absolute Gasteiger partial charge is 0.233 e. The van der Waals surface area contributed by atoms with Gasteiger partial charge in [0.05, 0.1) is 6.54 Å². The Morgan fingerprint density at radius 2 is 1.55 bits per heavy atom. The van der Waals surface area contributed by atoms with Crippen LogP contribution in [0.2, 0.25) is 0 Å². The van der Waals surface area contributed by atoms with E-state index in [1.807, 2.05) is 0 Å². The molecule has 2 aromatic carbocycles. The number of nitrogens with two attached hydrogens (primary N) is 1. The summed E-state index contributed by atoms with van der Waals surface area (Å²) < 4.78 is 0. The van der Waals surface area contributed by atoms with E-state index in [9.17, 15) is 4.79 Å². The third-order valence-corrected chi connectivity index (χ3v) is 5.17. The van der Waals surface area contributed by atoms with Crippen LogP contribution in [0.5, 0.6) is 0 Å². The van der Waals surface area contributed by atoms with Gasteiger partial charge in [-0.1, -0.05) is 48.5 Å². The molecule has 3 N–H and O–H groups in total. The van der Waals surface area contributed by atoms with Crippen molar-refractivity contribution in [1.82, 2.24) is 5.32 Å². The first-order valence-corrected chi connectivity index (χ1v) is 7.94. The number of rotatable bonds is 3. The molecular weight excluding hydrogens is 272 g/mol. The lowest BCUT2D eigenvalue weighted by molar-refractivity contribution is -0.119. The maximum absolute atomic E-state index is 11.5. The molecule has 5 rings (SSSR count). The Hall–Kier alpha value is -2.13. The van der Waals surface area contributed by atoms with Crippen LogP contribution in [0.4, 0.5) is 0 Å². The summed E-state index contributed by atoms with van der Waals surface area (Å²) in [5.41, 5.74) is 11.2. The van der Waals surface area contributed by atoms with Gasteiger partial charge in [0.15, 0.2) is 0 Å². The molecule has 3 aliphatic carbocycles. The highest BCUT2D eigenvalue weighted by Crippen LogP contribution is 2.54. The van der Waals surface area contributed by atoms with E-state index in [4.69, 9.17) is 5.73 Å². The summed E-state index contributed by atoms with van der Waals surface area (Å²) in [4.78, 5) is 11.5. The average Bonchev–Trinajstić information content (AvgIpc) is 2.59. The summed E-state index contributed by atoms with van der Waals surface area (Å²) in [5, 5.41) is 2.98. The molecule has 0 spiro atoms. The predicted octanol–water partition coefficient (Wildman–Crippen LogP) is 2.36. The number of carbonyl (C=O) groups excluding carboxylic acids is 1. The van der Waals surface area contributed by atoms with Crippen molar-refractivity contribution in [1.29, 1.82) is 0 Å². The normalized spacial score (nSPS) is 24.5. The third-order valence-electron chi connectivity index (χ3n) is 5.17. The van der Waals surface area contributed by atoms with Crippen LogP contribution in [-0.4, -0.2) is 19.0 Å². The van der Waals surface area contributed by atoms with Crippen molar-refractivity contribution >= 4 is 5.91 Å². The minimum absolute atomic E-state index is 0.0635. The van der Waals surface area contributed by atoms with Crippen LogP contribution in [0.25, 0.3) is 0 Å². The fraction of sp³-hybridized carbons (Fsp3) is 0.316. The second-order valence-electron chi connectivity index (χ2n) is 6.29. The van der Waals surface area contributed by atoms with Crippen molar-refractivity contribution in [3.8, 4) is 0 Å². The Labute approximate surface area is 130 Å². The van der Waals surface area contributed by atoms with E-state index in [1.54, 1.807) is 0 Å². The van der Waals surface area contributed by atoms with E-state index in [0.717, 1.165) is 6.42 Å². The Morgan fingerprint density at radius 3 is 2.09 bits per heavy atom. The predicted molar refractivity (Wildman–Crippen MR) is 86.7 cm³/mol. The molecule has 0 aromatic heterocycles. The Morgan fingerprint density at radius 1 is 1.00 bits per heavy atom. The molecule has 0 saturated heterocycles. The number of benzene rings is 2. The summed E-state index contributed by atoms with van der Waals surface area (Å²) in [6.45, 7) is 0.772. The zero-order valence-electron chi connectivity index (χ0n) is 12.5. The molecule has 2 aromatic rings. The third kappa shape index (κ3) is 1.97. The number of hydrogen-bond donors (Lipinski definition) is 2. The summed E-state index contributed by atoms with van der Waals surface area (Å²) in [6.07, 6.45) is 1.10. The van der Waals surface area contributed by atoms with E-state index in [-0.39, 0.29) is 12.5 Å². The fourth-order valence-electron chi connectivity index (χ4n) is 4.28. The monoisotopic (exact) mass is 292 g/mol. The van der Waals surface area contributed by atoms with Crippen LogP contribution in [0.1, 0.15) is 40.5 Å². The summed E-state index contributed by atoms with van der Waals surface area (Å²) in [7, 11) is 0. The van der Waals surface area contributed by atoms with Gasteiger partial charge in [0.2, 0.25) is 5.91 Å². The molecule has 3 nitrogen and oxygen atoms in total. The number of nitrogens with one attached hydrogen (secondary N) is 1. The molecule has 2 bridgehead atoms. The molecule has 22 heavy (non-hydrogen) atoms. The molecule has 1 unspecified atom stereocenters. The second-order valence-corrected chi connectivity index (χ2v) is 6.29. The standard InChI is InChI=1S/C19H20N2O/c20-10-18(22)21-11-12-9-17-13-5-1-3-7-15(13)19(12)16-8-4-2-6-14(16)17/h1-8,12,17,19H,9-11,20H2,(H,21,22). The molecule has 0 radical (unpaired) electrons. The fourth-order valence-corrected chi connectivity index (χ4v) is 4.28. The highest BCUT2D eigenvalue weighted by Gasteiger charge is 2.42. The van der Waals surface area contributed by atoms with Crippen molar-refractivity contribution in [2.24, 2.45) is 11.7 Å². The van der Waals surface area contributed by atoms with Gasteiger partial charge in [-0.2, -0.15) is 0 Å². The number of fused-ring (bicyclic) bond motifs is 1. The maximum atomic E-state index is 11.5. The summed E-state index contributed by atoms with van der Waals surface area (Å²) in [6, 6.07) is 17.5. The van der Waals surface area contributed by atoms with Crippen molar-refractivity contribution in [2.75, 3.05) is 13.1 Å². The largest absolute Gasteiger partial charge is 0.355 e. The SMILES string of the molecule is NCC(=O)NCC1CC2c3ccccc3C1c1ccccc12. The van der Waals surface area contributed by atoms with E-state index in [0.29, 0.717) is 24.3 Å². The molecule has 1 amide bonds. The molecule has 0 aliphatic heterocycles.